The molecule has 0 radical (unpaired) electrons. The number of methoxy groups -OCH3 is 2. The lowest BCUT2D eigenvalue weighted by Crippen LogP contribution is -2.30. The number of rotatable bonds is 9. The molecule has 0 amide bonds. The molecule has 0 saturated heterocycles. The third kappa shape index (κ3) is 5.50. The Balaban J connectivity index is 2.18. The second kappa shape index (κ2) is 8.47. The van der Waals surface area contributed by atoms with Gasteiger partial charge >= 0.3 is 0 Å². The number of hydrogen-bond acceptors (Lipinski definition) is 5. The molecule has 1 N–H and O–H groups in total. The minimum Gasteiger partial charge on any atom is -0.496 e. The predicted molar refractivity (Wildman–Crippen MR) is 72.0 cm³/mol. The van der Waals surface area contributed by atoms with Gasteiger partial charge in [0.05, 0.1) is 18.6 Å². The molecule has 0 atom stereocenters. The summed E-state index contributed by atoms with van der Waals surface area (Å²) in [6.45, 7) is 4.61. The Labute approximate surface area is 108 Å². The van der Waals surface area contributed by atoms with Crippen molar-refractivity contribution in [3.05, 3.63) is 16.3 Å². The topological polar surface area (TPSA) is 33.7 Å². The molecule has 1 heterocycles. The van der Waals surface area contributed by atoms with Crippen LogP contribution in [0.2, 0.25) is 0 Å². The largest absolute Gasteiger partial charge is 0.496 e. The van der Waals surface area contributed by atoms with Crippen molar-refractivity contribution in [1.29, 1.82) is 0 Å². The number of thiophene rings is 1. The number of nitrogens with zero attached hydrogens (tertiary/aromatic N) is 1. The van der Waals surface area contributed by atoms with Crippen LogP contribution in [0.15, 0.2) is 11.4 Å². The fraction of sp³-hybridized carbons (Fsp3) is 0.667. The van der Waals surface area contributed by atoms with E-state index in [9.17, 15) is 0 Å². The first kappa shape index (κ1) is 14.4. The lowest BCUT2D eigenvalue weighted by atomic mass is 10.4. The van der Waals surface area contributed by atoms with Crippen LogP contribution in [0.4, 0.5) is 0 Å². The average molecular weight is 258 g/mol. The first-order chi connectivity index (χ1) is 8.27. The Morgan fingerprint density at radius 1 is 1.35 bits per heavy atom. The Kier molecular flexibility index (Phi) is 7.19. The van der Waals surface area contributed by atoms with Crippen LogP contribution >= 0.6 is 11.3 Å². The monoisotopic (exact) mass is 258 g/mol. The molecule has 1 rings (SSSR count). The van der Waals surface area contributed by atoms with Crippen LogP contribution in [0, 0.1) is 0 Å². The molecular formula is C12H22N2O2S. The Bertz CT molecular complexity index is 304. The van der Waals surface area contributed by atoms with E-state index in [1.54, 1.807) is 25.6 Å². The maximum absolute atomic E-state index is 5.30. The number of hydrogen-bond donors (Lipinski definition) is 1. The van der Waals surface area contributed by atoms with Crippen molar-refractivity contribution in [2.75, 3.05) is 47.5 Å². The van der Waals surface area contributed by atoms with Crippen molar-refractivity contribution >= 4 is 11.3 Å². The maximum Gasteiger partial charge on any atom is 0.134 e. The van der Waals surface area contributed by atoms with Gasteiger partial charge in [0.1, 0.15) is 5.75 Å². The molecule has 0 aliphatic rings. The highest BCUT2D eigenvalue weighted by Gasteiger charge is 2.07. The highest BCUT2D eigenvalue weighted by atomic mass is 32.1. The molecule has 0 aromatic carbocycles. The second-order valence-corrected chi connectivity index (χ2v) is 4.89. The lowest BCUT2D eigenvalue weighted by Gasteiger charge is -2.16. The van der Waals surface area contributed by atoms with Crippen LogP contribution in [-0.4, -0.2) is 52.4 Å². The molecule has 0 aliphatic carbocycles. The number of nitrogens with one attached hydrogen (secondary N) is 1. The van der Waals surface area contributed by atoms with E-state index in [1.807, 2.05) is 6.07 Å². The van der Waals surface area contributed by atoms with Gasteiger partial charge in [-0.05, 0) is 18.5 Å². The molecule has 17 heavy (non-hydrogen) atoms. The first-order valence-electron chi connectivity index (χ1n) is 5.76. The van der Waals surface area contributed by atoms with Gasteiger partial charge in [-0.1, -0.05) is 0 Å². The fourth-order valence-electron chi connectivity index (χ4n) is 1.52. The van der Waals surface area contributed by atoms with Gasteiger partial charge in [0.15, 0.2) is 0 Å². The molecule has 5 heteroatoms. The van der Waals surface area contributed by atoms with Crippen molar-refractivity contribution in [2.24, 2.45) is 0 Å². The van der Waals surface area contributed by atoms with E-state index < -0.39 is 0 Å². The molecule has 0 fully saturated rings. The second-order valence-electron chi connectivity index (χ2n) is 3.89. The maximum atomic E-state index is 5.30. The summed E-state index contributed by atoms with van der Waals surface area (Å²) < 4.78 is 10.3. The summed E-state index contributed by atoms with van der Waals surface area (Å²) in [5, 5.41) is 5.40. The highest BCUT2D eigenvalue weighted by molar-refractivity contribution is 7.10. The third-order valence-corrected chi connectivity index (χ3v) is 3.38. The molecule has 98 valence electrons. The summed E-state index contributed by atoms with van der Waals surface area (Å²) >= 11 is 1.74. The van der Waals surface area contributed by atoms with Gasteiger partial charge in [-0.15, -0.1) is 11.3 Å². The van der Waals surface area contributed by atoms with Gasteiger partial charge in [-0.2, -0.15) is 0 Å². The van der Waals surface area contributed by atoms with Crippen LogP contribution in [0.5, 0.6) is 5.75 Å². The Morgan fingerprint density at radius 3 is 2.88 bits per heavy atom. The average Bonchev–Trinajstić information content (AvgIpc) is 2.76. The summed E-state index contributed by atoms with van der Waals surface area (Å²) in [5.41, 5.74) is 0. The quantitative estimate of drug-likeness (QED) is 0.679. The molecule has 0 saturated carbocycles. The Hall–Kier alpha value is -0.620. The van der Waals surface area contributed by atoms with Crippen molar-refractivity contribution in [1.82, 2.24) is 10.2 Å². The van der Waals surface area contributed by atoms with E-state index in [-0.39, 0.29) is 0 Å². The van der Waals surface area contributed by atoms with Crippen molar-refractivity contribution < 1.29 is 9.47 Å². The lowest BCUT2D eigenvalue weighted by molar-refractivity contribution is 0.197. The fourth-order valence-corrected chi connectivity index (χ4v) is 2.44. The highest BCUT2D eigenvalue weighted by Crippen LogP contribution is 2.25. The summed E-state index contributed by atoms with van der Waals surface area (Å²) in [6.07, 6.45) is 0. The zero-order valence-electron chi connectivity index (χ0n) is 10.9. The molecule has 4 nitrogen and oxygen atoms in total. The van der Waals surface area contributed by atoms with Gasteiger partial charge in [0, 0.05) is 33.3 Å². The van der Waals surface area contributed by atoms with E-state index in [1.165, 1.54) is 4.88 Å². The zero-order chi connectivity index (χ0) is 12.5. The molecule has 0 bridgehead atoms. The number of likely N-dealkylation sites (N-methyl/N-ethyl adjacent to an activating group) is 1. The molecule has 0 spiro atoms. The zero-order valence-corrected chi connectivity index (χ0v) is 11.7. The van der Waals surface area contributed by atoms with Crippen molar-refractivity contribution in [2.45, 2.75) is 6.54 Å². The van der Waals surface area contributed by atoms with Crippen LogP contribution in [0.3, 0.4) is 0 Å². The van der Waals surface area contributed by atoms with E-state index >= 15 is 0 Å². The smallest absolute Gasteiger partial charge is 0.134 e. The summed E-state index contributed by atoms with van der Waals surface area (Å²) in [4.78, 5) is 3.57. The summed E-state index contributed by atoms with van der Waals surface area (Å²) in [5.74, 6) is 0.995. The molecule has 1 aromatic heterocycles. The number of ether oxygens (including phenoxy) is 2. The van der Waals surface area contributed by atoms with E-state index in [0.29, 0.717) is 0 Å². The van der Waals surface area contributed by atoms with Crippen LogP contribution in [-0.2, 0) is 11.3 Å². The predicted octanol–water partition coefficient (Wildman–Crippen LogP) is 1.42. The van der Waals surface area contributed by atoms with Crippen LogP contribution in [0.25, 0.3) is 0 Å². The molecule has 0 unspecified atom stereocenters. The SMILES string of the molecule is COCCNCCN(C)Cc1sccc1OC. The Morgan fingerprint density at radius 2 is 2.18 bits per heavy atom. The minimum absolute atomic E-state index is 0.766. The normalized spacial score (nSPS) is 11.1. The van der Waals surface area contributed by atoms with Crippen molar-refractivity contribution in [3.8, 4) is 5.75 Å². The molecular weight excluding hydrogens is 236 g/mol. The van der Waals surface area contributed by atoms with E-state index in [2.05, 4.69) is 22.6 Å². The van der Waals surface area contributed by atoms with Gasteiger partial charge in [0.2, 0.25) is 0 Å². The third-order valence-electron chi connectivity index (χ3n) is 2.49. The van der Waals surface area contributed by atoms with Gasteiger partial charge in [0.25, 0.3) is 0 Å². The van der Waals surface area contributed by atoms with Gasteiger partial charge in [-0.3, -0.25) is 4.90 Å². The molecule has 0 aliphatic heterocycles. The molecule has 1 aromatic rings. The summed E-state index contributed by atoms with van der Waals surface area (Å²) in [6, 6.07) is 2.02. The van der Waals surface area contributed by atoms with Gasteiger partial charge in [-0.25, -0.2) is 0 Å². The van der Waals surface area contributed by atoms with E-state index in [0.717, 1.165) is 38.5 Å². The van der Waals surface area contributed by atoms with Crippen LogP contribution < -0.4 is 10.1 Å². The standard InChI is InChI=1S/C12H22N2O2S/c1-14(7-5-13-6-8-15-2)10-12-11(16-3)4-9-17-12/h4,9,13H,5-8,10H2,1-3H3. The first-order valence-corrected chi connectivity index (χ1v) is 6.64. The van der Waals surface area contributed by atoms with Crippen LogP contribution in [0.1, 0.15) is 4.88 Å². The van der Waals surface area contributed by atoms with E-state index in [4.69, 9.17) is 9.47 Å². The minimum atomic E-state index is 0.766. The van der Waals surface area contributed by atoms with Gasteiger partial charge < -0.3 is 14.8 Å². The summed E-state index contributed by atoms with van der Waals surface area (Å²) in [7, 11) is 5.56. The van der Waals surface area contributed by atoms with Crippen molar-refractivity contribution in [3.63, 3.8) is 0 Å².